The topological polar surface area (TPSA) is 59.1 Å². The van der Waals surface area contributed by atoms with E-state index in [1.165, 1.54) is 6.20 Å². The van der Waals surface area contributed by atoms with Gasteiger partial charge in [-0.15, -0.1) is 0 Å². The number of nitrogens with zero attached hydrogens (tertiary/aromatic N) is 1. The van der Waals surface area contributed by atoms with Crippen LogP contribution < -0.4 is 4.72 Å². The molecule has 0 fully saturated rings. The van der Waals surface area contributed by atoms with Crippen LogP contribution in [-0.4, -0.2) is 13.4 Å². The Balaban J connectivity index is 2.35. The van der Waals surface area contributed by atoms with Crippen molar-refractivity contribution in [3.8, 4) is 0 Å². The summed E-state index contributed by atoms with van der Waals surface area (Å²) in [5.41, 5.74) is 2.42. The minimum atomic E-state index is -3.58. The molecular weight excluding hydrogens is 328 g/mol. The van der Waals surface area contributed by atoms with Crippen molar-refractivity contribution in [1.82, 2.24) is 4.98 Å². The fraction of sp³-hybridized carbons (Fsp3) is 0.154. The van der Waals surface area contributed by atoms with Crippen LogP contribution in [0.3, 0.4) is 0 Å². The van der Waals surface area contributed by atoms with Crippen LogP contribution in [-0.2, 0) is 10.0 Å². The number of hydrogen-bond donors (Lipinski definition) is 1. The highest BCUT2D eigenvalue weighted by Gasteiger charge is 2.15. The molecule has 0 spiro atoms. The summed E-state index contributed by atoms with van der Waals surface area (Å²) < 4.78 is 27.7. The van der Waals surface area contributed by atoms with Crippen molar-refractivity contribution in [1.29, 1.82) is 0 Å². The van der Waals surface area contributed by atoms with Crippen molar-refractivity contribution in [3.63, 3.8) is 0 Å². The third-order valence-electron chi connectivity index (χ3n) is 2.75. The summed E-state index contributed by atoms with van der Waals surface area (Å²) in [6.45, 7) is 3.83. The number of hydrogen-bond acceptors (Lipinski definition) is 3. The second kappa shape index (κ2) is 5.30. The molecule has 2 aromatic rings. The fourth-order valence-electron chi connectivity index (χ4n) is 1.56. The van der Waals surface area contributed by atoms with Gasteiger partial charge < -0.3 is 0 Å². The van der Waals surface area contributed by atoms with Crippen LogP contribution in [0.1, 0.15) is 11.1 Å². The van der Waals surface area contributed by atoms with Gasteiger partial charge in [0.1, 0.15) is 0 Å². The Morgan fingerprint density at radius 1 is 1.11 bits per heavy atom. The molecule has 0 aliphatic rings. The first-order valence-corrected chi connectivity index (χ1v) is 7.87. The molecule has 0 amide bonds. The number of pyridine rings is 1. The molecule has 1 aromatic heterocycles. The lowest BCUT2D eigenvalue weighted by Gasteiger charge is -2.09. The van der Waals surface area contributed by atoms with Gasteiger partial charge in [0, 0.05) is 10.7 Å². The second-order valence-corrected chi connectivity index (χ2v) is 6.84. The van der Waals surface area contributed by atoms with E-state index in [1.54, 1.807) is 30.5 Å². The lowest BCUT2D eigenvalue weighted by Crippen LogP contribution is -2.13. The van der Waals surface area contributed by atoms with E-state index in [4.69, 9.17) is 0 Å². The van der Waals surface area contributed by atoms with Crippen molar-refractivity contribution in [3.05, 3.63) is 52.3 Å². The maximum absolute atomic E-state index is 12.2. The van der Waals surface area contributed by atoms with E-state index < -0.39 is 10.0 Å². The van der Waals surface area contributed by atoms with Crippen molar-refractivity contribution >= 4 is 31.6 Å². The summed E-state index contributed by atoms with van der Waals surface area (Å²) in [5.74, 6) is 0. The summed E-state index contributed by atoms with van der Waals surface area (Å²) in [5, 5.41) is 0. The summed E-state index contributed by atoms with van der Waals surface area (Å²) in [7, 11) is -3.58. The van der Waals surface area contributed by atoms with Crippen LogP contribution >= 0.6 is 15.9 Å². The van der Waals surface area contributed by atoms with Gasteiger partial charge in [-0.25, -0.2) is 8.42 Å². The standard InChI is InChI=1S/C13H13BrN2O2S/c1-9-3-4-13(5-10(9)2)19(17,18)16-12-6-11(14)7-15-8-12/h3-8,16H,1-2H3. The van der Waals surface area contributed by atoms with Gasteiger partial charge in [0.2, 0.25) is 0 Å². The zero-order valence-corrected chi connectivity index (χ0v) is 12.9. The van der Waals surface area contributed by atoms with Gasteiger partial charge in [-0.3, -0.25) is 9.71 Å². The predicted octanol–water partition coefficient (Wildman–Crippen LogP) is 3.26. The van der Waals surface area contributed by atoms with E-state index in [2.05, 4.69) is 25.6 Å². The summed E-state index contributed by atoms with van der Waals surface area (Å²) in [6, 6.07) is 6.70. The quantitative estimate of drug-likeness (QED) is 0.932. The minimum Gasteiger partial charge on any atom is -0.278 e. The summed E-state index contributed by atoms with van der Waals surface area (Å²) >= 11 is 3.25. The molecule has 0 atom stereocenters. The summed E-state index contributed by atoms with van der Waals surface area (Å²) in [4.78, 5) is 4.17. The Morgan fingerprint density at radius 2 is 1.84 bits per heavy atom. The Bertz CT molecular complexity index is 714. The van der Waals surface area contributed by atoms with Gasteiger partial charge in [0.15, 0.2) is 0 Å². The molecule has 0 aliphatic heterocycles. The maximum atomic E-state index is 12.2. The number of sulfonamides is 1. The average molecular weight is 341 g/mol. The molecule has 4 nitrogen and oxygen atoms in total. The van der Waals surface area contributed by atoms with Crippen molar-refractivity contribution in [2.24, 2.45) is 0 Å². The minimum absolute atomic E-state index is 0.246. The first kappa shape index (κ1) is 14.0. The van der Waals surface area contributed by atoms with Crippen LogP contribution in [0.15, 0.2) is 46.0 Å². The fourth-order valence-corrected chi connectivity index (χ4v) is 3.05. The third kappa shape index (κ3) is 3.33. The van der Waals surface area contributed by atoms with Crippen LogP contribution in [0, 0.1) is 13.8 Å². The highest BCUT2D eigenvalue weighted by molar-refractivity contribution is 9.10. The Labute approximate surface area is 121 Å². The van der Waals surface area contributed by atoms with Crippen molar-refractivity contribution in [2.75, 3.05) is 4.72 Å². The number of anilines is 1. The normalized spacial score (nSPS) is 11.3. The molecule has 1 aromatic carbocycles. The van der Waals surface area contributed by atoms with Crippen molar-refractivity contribution in [2.45, 2.75) is 18.7 Å². The largest absolute Gasteiger partial charge is 0.278 e. The number of rotatable bonds is 3. The lowest BCUT2D eigenvalue weighted by atomic mass is 10.1. The van der Waals surface area contributed by atoms with Crippen LogP contribution in [0.5, 0.6) is 0 Å². The van der Waals surface area contributed by atoms with Crippen LogP contribution in [0.25, 0.3) is 0 Å². The molecule has 19 heavy (non-hydrogen) atoms. The van der Waals surface area contributed by atoms with E-state index in [0.717, 1.165) is 11.1 Å². The van der Waals surface area contributed by atoms with E-state index >= 15 is 0 Å². The number of aryl methyl sites for hydroxylation is 2. The Morgan fingerprint density at radius 3 is 2.47 bits per heavy atom. The molecule has 0 bridgehead atoms. The Kier molecular flexibility index (Phi) is 3.91. The van der Waals surface area contributed by atoms with Crippen molar-refractivity contribution < 1.29 is 8.42 Å². The molecule has 0 unspecified atom stereocenters. The monoisotopic (exact) mass is 340 g/mol. The predicted molar refractivity (Wildman–Crippen MR) is 78.7 cm³/mol. The molecule has 2 rings (SSSR count). The van der Waals surface area contributed by atoms with E-state index in [1.807, 2.05) is 13.8 Å². The molecule has 0 aliphatic carbocycles. The van der Waals surface area contributed by atoms with Gasteiger partial charge in [0.25, 0.3) is 10.0 Å². The lowest BCUT2D eigenvalue weighted by molar-refractivity contribution is 0.601. The molecule has 100 valence electrons. The third-order valence-corrected chi connectivity index (χ3v) is 4.56. The molecule has 1 heterocycles. The molecular formula is C13H13BrN2O2S. The average Bonchev–Trinajstić information content (AvgIpc) is 2.32. The summed E-state index contributed by atoms with van der Waals surface area (Å²) in [6.07, 6.45) is 3.05. The van der Waals surface area contributed by atoms with Gasteiger partial charge in [-0.2, -0.15) is 0 Å². The van der Waals surface area contributed by atoms with Gasteiger partial charge in [-0.05, 0) is 59.1 Å². The van der Waals surface area contributed by atoms with Gasteiger partial charge in [0.05, 0.1) is 16.8 Å². The zero-order valence-electron chi connectivity index (χ0n) is 10.5. The smallest absolute Gasteiger partial charge is 0.261 e. The van der Waals surface area contributed by atoms with Crippen LogP contribution in [0.4, 0.5) is 5.69 Å². The van der Waals surface area contributed by atoms with E-state index in [9.17, 15) is 8.42 Å². The zero-order chi connectivity index (χ0) is 14.0. The molecule has 1 N–H and O–H groups in total. The molecule has 0 radical (unpaired) electrons. The second-order valence-electron chi connectivity index (χ2n) is 4.24. The number of benzene rings is 1. The molecule has 0 saturated carbocycles. The maximum Gasteiger partial charge on any atom is 0.261 e. The highest BCUT2D eigenvalue weighted by atomic mass is 79.9. The highest BCUT2D eigenvalue weighted by Crippen LogP contribution is 2.20. The van der Waals surface area contributed by atoms with Gasteiger partial charge in [-0.1, -0.05) is 6.07 Å². The van der Waals surface area contributed by atoms with E-state index in [0.29, 0.717) is 10.2 Å². The van der Waals surface area contributed by atoms with E-state index in [-0.39, 0.29) is 4.90 Å². The number of nitrogens with one attached hydrogen (secondary N) is 1. The van der Waals surface area contributed by atoms with Crippen LogP contribution in [0.2, 0.25) is 0 Å². The Hall–Kier alpha value is -1.40. The van der Waals surface area contributed by atoms with Gasteiger partial charge >= 0.3 is 0 Å². The SMILES string of the molecule is Cc1ccc(S(=O)(=O)Nc2cncc(Br)c2)cc1C. The number of aromatic nitrogens is 1. The molecule has 6 heteroatoms. The first-order chi connectivity index (χ1) is 8.88. The number of halogens is 1. The molecule has 0 saturated heterocycles. The first-order valence-electron chi connectivity index (χ1n) is 5.59.